The summed E-state index contributed by atoms with van der Waals surface area (Å²) in [5.74, 6) is 0. The van der Waals surface area contributed by atoms with Crippen molar-refractivity contribution in [3.05, 3.63) is 75.8 Å². The van der Waals surface area contributed by atoms with Gasteiger partial charge in [0.1, 0.15) is 0 Å². The van der Waals surface area contributed by atoms with Crippen molar-refractivity contribution in [3.8, 4) is 0 Å². The second kappa shape index (κ2) is 7.51. The van der Waals surface area contributed by atoms with Crippen LogP contribution in [0.1, 0.15) is 11.1 Å². The zero-order chi connectivity index (χ0) is 17.6. The van der Waals surface area contributed by atoms with Gasteiger partial charge < -0.3 is 0 Å². The molecule has 0 aromatic heterocycles. The molecule has 0 amide bonds. The van der Waals surface area contributed by atoms with Crippen LogP contribution < -0.4 is 4.83 Å². The lowest BCUT2D eigenvalue weighted by Gasteiger charge is -2.04. The lowest BCUT2D eigenvalue weighted by molar-refractivity contribution is -0.385. The molecule has 8 heteroatoms. The van der Waals surface area contributed by atoms with E-state index in [2.05, 4.69) is 5.10 Å². The Morgan fingerprint density at radius 3 is 2.54 bits per heavy atom. The van der Waals surface area contributed by atoms with Gasteiger partial charge in [-0.05, 0) is 24.6 Å². The van der Waals surface area contributed by atoms with Crippen LogP contribution in [0, 0.1) is 17.0 Å². The normalized spacial score (nSPS) is 11.9. The lowest BCUT2D eigenvalue weighted by Crippen LogP contribution is -2.18. The number of nitrogens with one attached hydrogen (secondary N) is 1. The molecule has 0 heterocycles. The molecule has 0 radical (unpaired) electrons. The molecular weight excluding hydrogens is 330 g/mol. The topological polar surface area (TPSA) is 102 Å². The van der Waals surface area contributed by atoms with Crippen molar-refractivity contribution in [2.75, 3.05) is 0 Å². The van der Waals surface area contributed by atoms with Gasteiger partial charge in [0, 0.05) is 17.8 Å². The number of hydrazone groups is 1. The number of rotatable bonds is 6. The number of nitrogens with zero attached hydrogens (tertiary/aromatic N) is 2. The molecule has 0 aliphatic rings. The summed E-state index contributed by atoms with van der Waals surface area (Å²) in [5.41, 5.74) is 1.07. The number of sulfonamides is 1. The highest BCUT2D eigenvalue weighted by Crippen LogP contribution is 2.21. The Kier molecular flexibility index (Phi) is 5.43. The maximum absolute atomic E-state index is 12.1. The van der Waals surface area contributed by atoms with E-state index in [-0.39, 0.29) is 10.6 Å². The van der Waals surface area contributed by atoms with Gasteiger partial charge >= 0.3 is 0 Å². The van der Waals surface area contributed by atoms with Crippen molar-refractivity contribution in [1.82, 2.24) is 4.83 Å². The molecule has 0 bridgehead atoms. The van der Waals surface area contributed by atoms with Crippen LogP contribution >= 0.6 is 0 Å². The van der Waals surface area contributed by atoms with Crippen LogP contribution in [-0.2, 0) is 10.0 Å². The Balaban J connectivity index is 2.09. The van der Waals surface area contributed by atoms with Gasteiger partial charge in [-0.25, -0.2) is 4.83 Å². The van der Waals surface area contributed by atoms with Crippen molar-refractivity contribution in [2.24, 2.45) is 5.10 Å². The van der Waals surface area contributed by atoms with Gasteiger partial charge in [0.15, 0.2) is 0 Å². The first kappa shape index (κ1) is 17.4. The summed E-state index contributed by atoms with van der Waals surface area (Å²) < 4.78 is 24.2. The molecule has 24 heavy (non-hydrogen) atoms. The van der Waals surface area contributed by atoms with Crippen molar-refractivity contribution in [2.45, 2.75) is 11.8 Å². The van der Waals surface area contributed by atoms with Gasteiger partial charge in [0.2, 0.25) is 0 Å². The molecule has 0 saturated heterocycles. The zero-order valence-corrected chi connectivity index (χ0v) is 13.6. The highest BCUT2D eigenvalue weighted by molar-refractivity contribution is 7.89. The van der Waals surface area contributed by atoms with Gasteiger partial charge in [-0.15, -0.1) is 0 Å². The van der Waals surface area contributed by atoms with Gasteiger partial charge in [-0.2, -0.15) is 13.5 Å². The highest BCUT2D eigenvalue weighted by atomic mass is 32.2. The van der Waals surface area contributed by atoms with Crippen LogP contribution in [0.5, 0.6) is 0 Å². The predicted molar refractivity (Wildman–Crippen MR) is 92.1 cm³/mol. The number of nitro benzene ring substituents is 1. The molecule has 124 valence electrons. The van der Waals surface area contributed by atoms with E-state index >= 15 is 0 Å². The van der Waals surface area contributed by atoms with E-state index in [1.165, 1.54) is 25.3 Å². The Hall–Kier alpha value is -3.00. The quantitative estimate of drug-likeness (QED) is 0.494. The number of nitro groups is 1. The van der Waals surface area contributed by atoms with E-state index in [1.807, 2.05) is 35.2 Å². The summed E-state index contributed by atoms with van der Waals surface area (Å²) in [6.45, 7) is 1.54. The molecule has 0 aliphatic carbocycles. The number of aryl methyl sites for hydroxylation is 1. The molecule has 0 saturated carbocycles. The fourth-order valence-electron chi connectivity index (χ4n) is 1.87. The number of hydrogen-bond donors (Lipinski definition) is 1. The highest BCUT2D eigenvalue weighted by Gasteiger charge is 2.19. The molecule has 0 atom stereocenters. The average Bonchev–Trinajstić information content (AvgIpc) is 2.55. The molecule has 2 aromatic rings. The molecule has 0 unspecified atom stereocenters. The summed E-state index contributed by atoms with van der Waals surface area (Å²) in [4.78, 5) is 12.1. The molecule has 2 aromatic carbocycles. The van der Waals surface area contributed by atoms with E-state index in [0.717, 1.165) is 11.6 Å². The van der Waals surface area contributed by atoms with Crippen molar-refractivity contribution >= 4 is 28.0 Å². The summed E-state index contributed by atoms with van der Waals surface area (Å²) in [5, 5.41) is 14.5. The molecule has 0 fully saturated rings. The monoisotopic (exact) mass is 345 g/mol. The van der Waals surface area contributed by atoms with Gasteiger partial charge in [-0.3, -0.25) is 10.1 Å². The largest absolute Gasteiger partial charge is 0.276 e. The second-order valence-electron chi connectivity index (χ2n) is 4.85. The van der Waals surface area contributed by atoms with Crippen LogP contribution in [0.2, 0.25) is 0 Å². The Morgan fingerprint density at radius 1 is 1.17 bits per heavy atom. The standard InChI is InChI=1S/C16H15N3O4S/c1-13-9-10-15(12-16(13)19(20)21)24(22,23)18-17-11-5-8-14-6-3-2-4-7-14/h2-12,18H,1H3/b8-5+,17-11+. The summed E-state index contributed by atoms with van der Waals surface area (Å²) >= 11 is 0. The SMILES string of the molecule is Cc1ccc(S(=O)(=O)N/N=C/C=C/c2ccccc2)cc1[N+](=O)[O-]. The van der Waals surface area contributed by atoms with Crippen LogP contribution in [0.15, 0.2) is 64.6 Å². The van der Waals surface area contributed by atoms with Crippen LogP contribution in [0.3, 0.4) is 0 Å². The number of allylic oxidation sites excluding steroid dienone is 1. The van der Waals surface area contributed by atoms with Gasteiger partial charge in [0.05, 0.1) is 9.82 Å². The fraction of sp³-hybridized carbons (Fsp3) is 0.0625. The third-order valence-corrected chi connectivity index (χ3v) is 4.33. The van der Waals surface area contributed by atoms with Gasteiger partial charge in [-0.1, -0.05) is 42.5 Å². The maximum atomic E-state index is 12.1. The Morgan fingerprint density at radius 2 is 1.88 bits per heavy atom. The first-order valence-electron chi connectivity index (χ1n) is 6.92. The van der Waals surface area contributed by atoms with E-state index in [1.54, 1.807) is 12.2 Å². The van der Waals surface area contributed by atoms with Crippen LogP contribution in [-0.4, -0.2) is 19.6 Å². The second-order valence-corrected chi connectivity index (χ2v) is 6.51. The molecule has 7 nitrogen and oxygen atoms in total. The van der Waals surface area contributed by atoms with E-state index < -0.39 is 14.9 Å². The minimum atomic E-state index is -3.96. The minimum Gasteiger partial charge on any atom is -0.258 e. The van der Waals surface area contributed by atoms with Crippen LogP contribution in [0.4, 0.5) is 5.69 Å². The third kappa shape index (κ3) is 4.50. The summed E-state index contributed by atoms with van der Waals surface area (Å²) in [7, 11) is -3.96. The third-order valence-electron chi connectivity index (χ3n) is 3.11. The minimum absolute atomic E-state index is 0.219. The molecular formula is C16H15N3O4S. The maximum Gasteiger partial charge on any atom is 0.276 e. The summed E-state index contributed by atoms with van der Waals surface area (Å²) in [6.07, 6.45) is 4.62. The van der Waals surface area contributed by atoms with Crippen molar-refractivity contribution < 1.29 is 13.3 Å². The first-order chi connectivity index (χ1) is 11.4. The van der Waals surface area contributed by atoms with Crippen LogP contribution in [0.25, 0.3) is 6.08 Å². The first-order valence-corrected chi connectivity index (χ1v) is 8.40. The van der Waals surface area contributed by atoms with Crippen molar-refractivity contribution in [1.29, 1.82) is 0 Å². The molecule has 1 N–H and O–H groups in total. The Labute approximate surface area is 139 Å². The van der Waals surface area contributed by atoms with E-state index in [4.69, 9.17) is 0 Å². The number of benzene rings is 2. The number of hydrogen-bond acceptors (Lipinski definition) is 5. The molecule has 0 aliphatic heterocycles. The lowest BCUT2D eigenvalue weighted by atomic mass is 10.2. The van der Waals surface area contributed by atoms with E-state index in [9.17, 15) is 18.5 Å². The van der Waals surface area contributed by atoms with E-state index in [0.29, 0.717) is 5.56 Å². The molecule has 0 spiro atoms. The van der Waals surface area contributed by atoms with Gasteiger partial charge in [0.25, 0.3) is 15.7 Å². The van der Waals surface area contributed by atoms with Crippen molar-refractivity contribution in [3.63, 3.8) is 0 Å². The zero-order valence-electron chi connectivity index (χ0n) is 12.8. The fourth-order valence-corrected chi connectivity index (χ4v) is 2.69. The smallest absolute Gasteiger partial charge is 0.258 e. The predicted octanol–water partition coefficient (Wildman–Crippen LogP) is 2.88. The Bertz CT molecular complexity index is 891. The molecule has 2 rings (SSSR count). The summed E-state index contributed by atoms with van der Waals surface area (Å²) in [6, 6.07) is 13.1. The average molecular weight is 345 g/mol.